The van der Waals surface area contributed by atoms with Gasteiger partial charge in [-0.3, -0.25) is 4.79 Å². The third-order valence-corrected chi connectivity index (χ3v) is 3.62. The van der Waals surface area contributed by atoms with Crippen LogP contribution in [0.25, 0.3) is 0 Å². The van der Waals surface area contributed by atoms with E-state index >= 15 is 0 Å². The van der Waals surface area contributed by atoms with Crippen LogP contribution in [0.15, 0.2) is 18.2 Å². The lowest BCUT2D eigenvalue weighted by Crippen LogP contribution is -2.34. The number of nitrogen functional groups attached to an aromatic ring is 1. The van der Waals surface area contributed by atoms with Crippen LogP contribution in [0.3, 0.4) is 0 Å². The Hall–Kier alpha value is -2.08. The maximum atomic E-state index is 12.0. The minimum atomic E-state index is -1.11. The summed E-state index contributed by atoms with van der Waals surface area (Å²) in [4.78, 5) is 23.1. The predicted octanol–water partition coefficient (Wildman–Crippen LogP) is 2.11. The molecule has 0 unspecified atom stereocenters. The van der Waals surface area contributed by atoms with Gasteiger partial charge in [0.2, 0.25) is 5.91 Å². The van der Waals surface area contributed by atoms with Crippen LogP contribution in [0.5, 0.6) is 0 Å². The predicted molar refractivity (Wildman–Crippen MR) is 79.2 cm³/mol. The van der Waals surface area contributed by atoms with Gasteiger partial charge in [0.05, 0.1) is 17.4 Å². The second kappa shape index (κ2) is 6.58. The Morgan fingerprint density at radius 1 is 1.43 bits per heavy atom. The summed E-state index contributed by atoms with van der Waals surface area (Å²) in [5.74, 6) is -0.983. The Bertz CT molecular complexity index is 538. The number of carbonyl (C=O) groups excluding carboxylic acids is 1. The molecule has 0 radical (unpaired) electrons. The van der Waals surface area contributed by atoms with Gasteiger partial charge < -0.3 is 20.9 Å². The van der Waals surface area contributed by atoms with Crippen LogP contribution in [-0.2, 0) is 9.53 Å². The summed E-state index contributed by atoms with van der Waals surface area (Å²) in [6.07, 6.45) is 2.41. The van der Waals surface area contributed by atoms with Crippen molar-refractivity contribution in [1.29, 1.82) is 0 Å². The van der Waals surface area contributed by atoms with Gasteiger partial charge in [-0.05, 0) is 43.9 Å². The quantitative estimate of drug-likeness (QED) is 0.697. The average molecular weight is 292 g/mol. The summed E-state index contributed by atoms with van der Waals surface area (Å²) in [7, 11) is 0. The van der Waals surface area contributed by atoms with Crippen molar-refractivity contribution < 1.29 is 19.4 Å². The molecule has 0 spiro atoms. The van der Waals surface area contributed by atoms with Gasteiger partial charge in [-0.2, -0.15) is 0 Å². The SMILES string of the molecule is CCOC1CC(CC(=O)Nc2ccc(N)cc2C(=O)O)C1. The molecule has 1 amide bonds. The molecular weight excluding hydrogens is 272 g/mol. The highest BCUT2D eigenvalue weighted by Crippen LogP contribution is 2.33. The van der Waals surface area contributed by atoms with E-state index in [9.17, 15) is 9.59 Å². The average Bonchev–Trinajstić information content (AvgIpc) is 2.38. The van der Waals surface area contributed by atoms with Crippen LogP contribution in [0, 0.1) is 5.92 Å². The lowest BCUT2D eigenvalue weighted by molar-refractivity contribution is -0.119. The van der Waals surface area contributed by atoms with Crippen molar-refractivity contribution in [3.8, 4) is 0 Å². The van der Waals surface area contributed by atoms with E-state index in [4.69, 9.17) is 15.6 Å². The second-order valence-corrected chi connectivity index (χ2v) is 5.28. The zero-order chi connectivity index (χ0) is 15.4. The van der Waals surface area contributed by atoms with Crippen LogP contribution in [0.2, 0.25) is 0 Å². The lowest BCUT2D eigenvalue weighted by atomic mass is 9.80. The number of hydrogen-bond donors (Lipinski definition) is 3. The maximum Gasteiger partial charge on any atom is 0.337 e. The molecule has 1 saturated carbocycles. The van der Waals surface area contributed by atoms with Gasteiger partial charge in [0, 0.05) is 18.7 Å². The molecule has 0 aromatic heterocycles. The highest BCUT2D eigenvalue weighted by molar-refractivity contribution is 6.01. The number of rotatable bonds is 6. The number of anilines is 2. The minimum Gasteiger partial charge on any atom is -0.478 e. The molecular formula is C15H20N2O4. The van der Waals surface area contributed by atoms with E-state index in [1.165, 1.54) is 12.1 Å². The third kappa shape index (κ3) is 3.95. The number of carboxylic acid groups (broad SMARTS) is 1. The van der Waals surface area contributed by atoms with E-state index < -0.39 is 5.97 Å². The number of amides is 1. The van der Waals surface area contributed by atoms with Crippen molar-refractivity contribution in [2.45, 2.75) is 32.3 Å². The highest BCUT2D eigenvalue weighted by atomic mass is 16.5. The summed E-state index contributed by atoms with van der Waals surface area (Å²) < 4.78 is 5.45. The van der Waals surface area contributed by atoms with Crippen molar-refractivity contribution in [2.24, 2.45) is 5.92 Å². The summed E-state index contributed by atoms with van der Waals surface area (Å²) >= 11 is 0. The molecule has 21 heavy (non-hydrogen) atoms. The van der Waals surface area contributed by atoms with Crippen molar-refractivity contribution >= 4 is 23.3 Å². The first-order valence-electron chi connectivity index (χ1n) is 7.03. The van der Waals surface area contributed by atoms with Gasteiger partial charge in [-0.15, -0.1) is 0 Å². The van der Waals surface area contributed by atoms with Crippen LogP contribution in [-0.4, -0.2) is 29.7 Å². The van der Waals surface area contributed by atoms with Crippen LogP contribution < -0.4 is 11.1 Å². The van der Waals surface area contributed by atoms with Gasteiger partial charge in [0.15, 0.2) is 0 Å². The molecule has 114 valence electrons. The Kier molecular flexibility index (Phi) is 4.80. The molecule has 0 bridgehead atoms. The molecule has 1 fully saturated rings. The summed E-state index contributed by atoms with van der Waals surface area (Å²) in [6, 6.07) is 4.42. The van der Waals surface area contributed by atoms with Crippen LogP contribution in [0.1, 0.15) is 36.5 Å². The fraction of sp³-hybridized carbons (Fsp3) is 0.467. The zero-order valence-electron chi connectivity index (χ0n) is 12.0. The Morgan fingerprint density at radius 2 is 2.14 bits per heavy atom. The number of benzene rings is 1. The maximum absolute atomic E-state index is 12.0. The molecule has 6 nitrogen and oxygen atoms in total. The van der Waals surface area contributed by atoms with E-state index in [1.54, 1.807) is 6.07 Å². The molecule has 4 N–H and O–H groups in total. The smallest absolute Gasteiger partial charge is 0.337 e. The topological polar surface area (TPSA) is 102 Å². The minimum absolute atomic E-state index is 0.00384. The fourth-order valence-electron chi connectivity index (χ4n) is 2.52. The zero-order valence-corrected chi connectivity index (χ0v) is 12.0. The standard InChI is InChI=1S/C15H20N2O4/c1-2-21-11-5-9(6-11)7-14(18)17-13-4-3-10(16)8-12(13)15(19)20/h3-4,8-9,11H,2,5-7,16H2,1H3,(H,17,18)(H,19,20). The van der Waals surface area contributed by atoms with Gasteiger partial charge in [0.25, 0.3) is 0 Å². The lowest BCUT2D eigenvalue weighted by Gasteiger charge is -2.34. The van der Waals surface area contributed by atoms with E-state index in [1.807, 2.05) is 6.92 Å². The molecule has 1 aromatic carbocycles. The van der Waals surface area contributed by atoms with E-state index in [2.05, 4.69) is 5.32 Å². The van der Waals surface area contributed by atoms with Gasteiger partial charge >= 0.3 is 5.97 Å². The van der Waals surface area contributed by atoms with Crippen LogP contribution in [0.4, 0.5) is 11.4 Å². The van der Waals surface area contributed by atoms with Crippen molar-refractivity contribution in [1.82, 2.24) is 0 Å². The van der Waals surface area contributed by atoms with Gasteiger partial charge in [-0.25, -0.2) is 4.79 Å². The third-order valence-electron chi connectivity index (χ3n) is 3.62. The molecule has 0 aliphatic heterocycles. The Labute approximate surface area is 123 Å². The number of nitrogens with one attached hydrogen (secondary N) is 1. The molecule has 0 heterocycles. The normalized spacial score (nSPS) is 20.6. The molecule has 2 rings (SSSR count). The molecule has 0 atom stereocenters. The number of carboxylic acids is 1. The monoisotopic (exact) mass is 292 g/mol. The van der Waals surface area contributed by atoms with Crippen molar-refractivity contribution in [3.05, 3.63) is 23.8 Å². The second-order valence-electron chi connectivity index (χ2n) is 5.28. The first-order chi connectivity index (χ1) is 9.99. The van der Waals surface area contributed by atoms with Crippen LogP contribution >= 0.6 is 0 Å². The first-order valence-corrected chi connectivity index (χ1v) is 7.03. The summed E-state index contributed by atoms with van der Waals surface area (Å²) in [5.41, 5.74) is 6.20. The van der Waals surface area contributed by atoms with Gasteiger partial charge in [0.1, 0.15) is 0 Å². The highest BCUT2D eigenvalue weighted by Gasteiger charge is 2.31. The number of hydrogen-bond acceptors (Lipinski definition) is 4. The van der Waals surface area contributed by atoms with Gasteiger partial charge in [-0.1, -0.05) is 0 Å². The number of nitrogens with two attached hydrogens (primary N) is 1. The molecule has 1 aliphatic carbocycles. The number of ether oxygens (including phenoxy) is 1. The van der Waals surface area contributed by atoms with Crippen molar-refractivity contribution in [2.75, 3.05) is 17.7 Å². The number of aromatic carboxylic acids is 1. The Balaban J connectivity index is 1.90. The van der Waals surface area contributed by atoms with Crippen molar-refractivity contribution in [3.63, 3.8) is 0 Å². The summed E-state index contributed by atoms with van der Waals surface area (Å²) in [6.45, 7) is 2.64. The Morgan fingerprint density at radius 3 is 2.76 bits per heavy atom. The first kappa shape index (κ1) is 15.3. The van der Waals surface area contributed by atoms with E-state index in [0.29, 0.717) is 24.6 Å². The van der Waals surface area contributed by atoms with E-state index in [-0.39, 0.29) is 23.3 Å². The fourth-order valence-corrected chi connectivity index (χ4v) is 2.52. The number of carbonyl (C=O) groups is 2. The largest absolute Gasteiger partial charge is 0.478 e. The molecule has 0 saturated heterocycles. The summed E-state index contributed by atoms with van der Waals surface area (Å²) in [5, 5.41) is 11.8. The van der Waals surface area contributed by atoms with E-state index in [0.717, 1.165) is 12.8 Å². The molecule has 1 aliphatic rings. The molecule has 6 heteroatoms. The molecule has 1 aromatic rings.